The Hall–Kier alpha value is -2.54. The Morgan fingerprint density at radius 2 is 2.07 bits per heavy atom. The van der Waals surface area contributed by atoms with E-state index < -0.39 is 0 Å². The van der Waals surface area contributed by atoms with Gasteiger partial charge in [0, 0.05) is 13.1 Å². The van der Waals surface area contributed by atoms with E-state index in [1.54, 1.807) is 12.6 Å². The highest BCUT2D eigenvalue weighted by atomic mass is 32.2. The minimum Gasteiger partial charge on any atom is -0.467 e. The Bertz CT molecular complexity index is 843. The molecule has 6 nitrogen and oxygen atoms in total. The van der Waals surface area contributed by atoms with E-state index in [0.717, 1.165) is 24.3 Å². The Balaban J connectivity index is 1.59. The molecule has 0 aliphatic rings. The summed E-state index contributed by atoms with van der Waals surface area (Å²) in [5.74, 6) is 1.27. The van der Waals surface area contributed by atoms with Crippen LogP contribution in [0, 0.1) is 6.92 Å². The average molecular weight is 385 g/mol. The summed E-state index contributed by atoms with van der Waals surface area (Å²) in [6.45, 7) is 6.08. The van der Waals surface area contributed by atoms with Gasteiger partial charge in [-0.05, 0) is 31.0 Å². The van der Waals surface area contributed by atoms with E-state index >= 15 is 0 Å². The molecule has 1 aromatic carbocycles. The van der Waals surface area contributed by atoms with Crippen molar-refractivity contribution in [1.82, 2.24) is 19.7 Å². The van der Waals surface area contributed by atoms with Gasteiger partial charge in [0.25, 0.3) is 0 Å². The van der Waals surface area contributed by atoms with Gasteiger partial charge >= 0.3 is 0 Å². The second-order valence-electron chi connectivity index (χ2n) is 6.41. The molecule has 2 aromatic heterocycles. The lowest BCUT2D eigenvalue weighted by Crippen LogP contribution is -2.32. The van der Waals surface area contributed by atoms with Crippen molar-refractivity contribution in [2.75, 3.05) is 12.3 Å². The molecule has 3 rings (SSSR count). The molecule has 0 saturated heterocycles. The number of aryl methyl sites for hydroxylation is 1. The summed E-state index contributed by atoms with van der Waals surface area (Å²) in [7, 11) is 0. The number of carbonyl (C=O) groups excluding carboxylic acids is 1. The van der Waals surface area contributed by atoms with Gasteiger partial charge in [-0.15, -0.1) is 10.2 Å². The van der Waals surface area contributed by atoms with E-state index in [0.29, 0.717) is 24.0 Å². The number of hydrogen-bond acceptors (Lipinski definition) is 5. The van der Waals surface area contributed by atoms with Crippen molar-refractivity contribution in [3.05, 3.63) is 65.9 Å². The molecule has 0 N–H and O–H groups in total. The zero-order valence-electron chi connectivity index (χ0n) is 15.7. The maximum atomic E-state index is 12.8. The fourth-order valence-electron chi connectivity index (χ4n) is 2.73. The summed E-state index contributed by atoms with van der Waals surface area (Å²) < 4.78 is 7.26. The number of thioether (sulfide) groups is 1. The van der Waals surface area contributed by atoms with Crippen molar-refractivity contribution in [2.45, 2.75) is 38.5 Å². The molecule has 0 aliphatic heterocycles. The van der Waals surface area contributed by atoms with Crippen LogP contribution in [0.1, 0.15) is 30.2 Å². The standard InChI is InChI=1S/C20H24N4O2S/c1-3-10-23(12-17-8-6-16(2)7-9-17)19(25)14-27-20-22-21-15-24(20)13-18-5-4-11-26-18/h4-9,11,15H,3,10,12-14H2,1-2H3. The predicted molar refractivity (Wildman–Crippen MR) is 105 cm³/mol. The van der Waals surface area contributed by atoms with Crippen LogP contribution in [0.5, 0.6) is 0 Å². The zero-order chi connectivity index (χ0) is 19.1. The molecule has 2 heterocycles. The minimum absolute atomic E-state index is 0.106. The molecule has 142 valence electrons. The molecule has 0 fully saturated rings. The Morgan fingerprint density at radius 3 is 2.78 bits per heavy atom. The van der Waals surface area contributed by atoms with Gasteiger partial charge in [-0.3, -0.25) is 4.79 Å². The highest BCUT2D eigenvalue weighted by Gasteiger charge is 2.16. The van der Waals surface area contributed by atoms with E-state index in [9.17, 15) is 4.79 Å². The number of furan rings is 1. The van der Waals surface area contributed by atoms with E-state index in [1.807, 2.05) is 21.6 Å². The minimum atomic E-state index is 0.106. The summed E-state index contributed by atoms with van der Waals surface area (Å²) in [5, 5.41) is 8.81. The summed E-state index contributed by atoms with van der Waals surface area (Å²) in [6, 6.07) is 12.1. The Morgan fingerprint density at radius 1 is 1.26 bits per heavy atom. The summed E-state index contributed by atoms with van der Waals surface area (Å²) in [6.07, 6.45) is 4.23. The molecule has 0 bridgehead atoms. The lowest BCUT2D eigenvalue weighted by molar-refractivity contribution is -0.129. The van der Waals surface area contributed by atoms with Crippen molar-refractivity contribution in [1.29, 1.82) is 0 Å². The van der Waals surface area contributed by atoms with E-state index in [2.05, 4.69) is 48.3 Å². The number of aromatic nitrogens is 3. The molecule has 0 radical (unpaired) electrons. The molecule has 3 aromatic rings. The number of benzene rings is 1. The third-order valence-corrected chi connectivity index (χ3v) is 5.12. The number of carbonyl (C=O) groups is 1. The first-order chi connectivity index (χ1) is 13.2. The monoisotopic (exact) mass is 384 g/mol. The second kappa shape index (κ2) is 9.41. The van der Waals surface area contributed by atoms with Crippen molar-refractivity contribution >= 4 is 17.7 Å². The molecular formula is C20H24N4O2S. The first-order valence-electron chi connectivity index (χ1n) is 9.02. The van der Waals surface area contributed by atoms with Crippen LogP contribution in [0.4, 0.5) is 0 Å². The van der Waals surface area contributed by atoms with Gasteiger partial charge < -0.3 is 13.9 Å². The van der Waals surface area contributed by atoms with Gasteiger partial charge in [-0.25, -0.2) is 0 Å². The second-order valence-corrected chi connectivity index (χ2v) is 7.35. The number of hydrogen-bond donors (Lipinski definition) is 0. The largest absolute Gasteiger partial charge is 0.467 e. The summed E-state index contributed by atoms with van der Waals surface area (Å²) in [4.78, 5) is 14.7. The highest BCUT2D eigenvalue weighted by molar-refractivity contribution is 7.99. The first kappa shape index (κ1) is 19.2. The molecule has 7 heteroatoms. The SMILES string of the molecule is CCCN(Cc1ccc(C)cc1)C(=O)CSc1nncn1Cc1ccco1. The molecule has 0 aliphatic carbocycles. The predicted octanol–water partition coefficient (Wildman–Crippen LogP) is 3.76. The summed E-state index contributed by atoms with van der Waals surface area (Å²) in [5.41, 5.74) is 2.37. The van der Waals surface area contributed by atoms with Gasteiger partial charge in [0.15, 0.2) is 5.16 Å². The first-order valence-corrected chi connectivity index (χ1v) is 10.0. The van der Waals surface area contributed by atoms with Crippen LogP contribution in [0.25, 0.3) is 0 Å². The normalized spacial score (nSPS) is 10.9. The number of rotatable bonds is 9. The number of nitrogens with zero attached hydrogens (tertiary/aromatic N) is 4. The number of amides is 1. The van der Waals surface area contributed by atoms with Gasteiger partial charge in [0.1, 0.15) is 12.1 Å². The van der Waals surface area contributed by atoms with Gasteiger partial charge in [0.05, 0.1) is 18.6 Å². The quantitative estimate of drug-likeness (QED) is 0.526. The van der Waals surface area contributed by atoms with Crippen LogP contribution in [0.3, 0.4) is 0 Å². The van der Waals surface area contributed by atoms with E-state index in [4.69, 9.17) is 4.42 Å². The van der Waals surface area contributed by atoms with Gasteiger partial charge in [0.2, 0.25) is 5.91 Å². The van der Waals surface area contributed by atoms with Crippen LogP contribution in [-0.2, 0) is 17.9 Å². The average Bonchev–Trinajstić information content (AvgIpc) is 3.33. The van der Waals surface area contributed by atoms with Gasteiger partial charge in [-0.1, -0.05) is 48.5 Å². The van der Waals surface area contributed by atoms with E-state index in [-0.39, 0.29) is 5.91 Å². The van der Waals surface area contributed by atoms with Crippen LogP contribution >= 0.6 is 11.8 Å². The topological polar surface area (TPSA) is 64.2 Å². The maximum absolute atomic E-state index is 12.8. The lowest BCUT2D eigenvalue weighted by Gasteiger charge is -2.22. The maximum Gasteiger partial charge on any atom is 0.233 e. The van der Waals surface area contributed by atoms with Crippen LogP contribution in [0.15, 0.2) is 58.6 Å². The third-order valence-electron chi connectivity index (χ3n) is 4.15. The molecule has 27 heavy (non-hydrogen) atoms. The lowest BCUT2D eigenvalue weighted by atomic mass is 10.1. The Kier molecular flexibility index (Phi) is 6.70. The molecule has 0 spiro atoms. The van der Waals surface area contributed by atoms with Crippen molar-refractivity contribution in [3.8, 4) is 0 Å². The molecule has 0 unspecified atom stereocenters. The van der Waals surface area contributed by atoms with Crippen molar-refractivity contribution in [3.63, 3.8) is 0 Å². The van der Waals surface area contributed by atoms with Crippen LogP contribution < -0.4 is 0 Å². The molecule has 0 atom stereocenters. The smallest absolute Gasteiger partial charge is 0.233 e. The fraction of sp³-hybridized carbons (Fsp3) is 0.350. The Labute approximate surface area is 163 Å². The van der Waals surface area contributed by atoms with E-state index in [1.165, 1.54) is 17.3 Å². The van der Waals surface area contributed by atoms with Crippen LogP contribution in [-0.4, -0.2) is 37.9 Å². The van der Waals surface area contributed by atoms with Crippen LogP contribution in [0.2, 0.25) is 0 Å². The zero-order valence-corrected chi connectivity index (χ0v) is 16.5. The molecule has 0 saturated carbocycles. The van der Waals surface area contributed by atoms with Crippen molar-refractivity contribution in [2.24, 2.45) is 0 Å². The highest BCUT2D eigenvalue weighted by Crippen LogP contribution is 2.18. The third kappa shape index (κ3) is 5.47. The van der Waals surface area contributed by atoms with Crippen molar-refractivity contribution < 1.29 is 9.21 Å². The van der Waals surface area contributed by atoms with Gasteiger partial charge in [-0.2, -0.15) is 0 Å². The fourth-order valence-corrected chi connectivity index (χ4v) is 3.55. The summed E-state index contributed by atoms with van der Waals surface area (Å²) >= 11 is 1.41. The molecule has 1 amide bonds. The molecular weight excluding hydrogens is 360 g/mol.